The molecule has 1 heterocycles. The number of aromatic nitrogens is 3. The van der Waals surface area contributed by atoms with Crippen LogP contribution in [0, 0.1) is 6.92 Å². The lowest BCUT2D eigenvalue weighted by Gasteiger charge is -2.09. The molecule has 0 saturated carbocycles. The van der Waals surface area contributed by atoms with Gasteiger partial charge in [0.15, 0.2) is 0 Å². The Morgan fingerprint density at radius 1 is 1.21 bits per heavy atom. The lowest BCUT2D eigenvalue weighted by molar-refractivity contribution is 0.256. The third kappa shape index (κ3) is 4.91. The van der Waals surface area contributed by atoms with Gasteiger partial charge in [0.05, 0.1) is 12.1 Å². The van der Waals surface area contributed by atoms with Gasteiger partial charge in [0.25, 0.3) is 10.0 Å². The average Bonchev–Trinajstić information content (AvgIpc) is 2.46. The minimum absolute atomic E-state index is 0. The predicted molar refractivity (Wildman–Crippen MR) is 89.2 cm³/mol. The molecule has 0 aliphatic carbocycles. The molecule has 130 valence electrons. The van der Waals surface area contributed by atoms with Gasteiger partial charge in [0.2, 0.25) is 5.95 Å². The van der Waals surface area contributed by atoms with Crippen molar-refractivity contribution in [2.75, 3.05) is 12.4 Å². The summed E-state index contributed by atoms with van der Waals surface area (Å²) in [7, 11) is -2.78. The zero-order valence-electron chi connectivity index (χ0n) is 12.5. The number of anilines is 1. The zero-order chi connectivity index (χ0) is 17.0. The van der Waals surface area contributed by atoms with Crippen LogP contribution in [0.2, 0.25) is 5.02 Å². The first kappa shape index (κ1) is 19.9. The summed E-state index contributed by atoms with van der Waals surface area (Å²) in [6.07, 6.45) is 0. The van der Waals surface area contributed by atoms with Crippen molar-refractivity contribution >= 4 is 46.0 Å². The summed E-state index contributed by atoms with van der Waals surface area (Å²) in [5.74, 6) is 0.141. The maximum Gasteiger partial charge on any atom is 0.335 e. The molecule has 0 unspecified atom stereocenters. The van der Waals surface area contributed by atoms with Gasteiger partial charge in [-0.2, -0.15) is 15.0 Å². The summed E-state index contributed by atoms with van der Waals surface area (Å²) in [5, 5.41) is 2.18. The molecule has 0 aliphatic rings. The lowest BCUT2D eigenvalue weighted by atomic mass is 10.4. The predicted octanol–water partition coefficient (Wildman–Crippen LogP) is 1.77. The summed E-state index contributed by atoms with van der Waals surface area (Å²) in [6.45, 7) is 1.56. The van der Waals surface area contributed by atoms with Gasteiger partial charge in [0, 0.05) is 0 Å². The number of carbonyl (C=O) groups is 1. The smallest absolute Gasteiger partial charge is 0.335 e. The number of ether oxygens (including phenoxy) is 1. The molecule has 12 heteroatoms. The van der Waals surface area contributed by atoms with Crippen molar-refractivity contribution in [2.24, 2.45) is 0 Å². The molecular formula is C12H13Cl2N5O4S. The fourth-order valence-electron chi connectivity index (χ4n) is 1.57. The second-order valence-electron chi connectivity index (χ2n) is 4.18. The third-order valence-corrected chi connectivity index (χ3v) is 4.32. The van der Waals surface area contributed by atoms with Crippen LogP contribution in [-0.4, -0.2) is 36.5 Å². The number of hydrogen-bond acceptors (Lipinski definition) is 7. The summed E-state index contributed by atoms with van der Waals surface area (Å²) >= 11 is 5.81. The summed E-state index contributed by atoms with van der Waals surface area (Å²) < 4.78 is 30.9. The Morgan fingerprint density at radius 2 is 1.88 bits per heavy atom. The van der Waals surface area contributed by atoms with Crippen molar-refractivity contribution in [3.05, 3.63) is 35.1 Å². The Labute approximate surface area is 149 Å². The molecule has 1 aromatic heterocycles. The average molecular weight is 394 g/mol. The highest BCUT2D eigenvalue weighted by Gasteiger charge is 2.21. The number of sulfonamides is 1. The molecule has 0 fully saturated rings. The van der Waals surface area contributed by atoms with Crippen LogP contribution in [0.5, 0.6) is 6.01 Å². The van der Waals surface area contributed by atoms with Crippen molar-refractivity contribution < 1.29 is 17.9 Å². The first-order valence-electron chi connectivity index (χ1n) is 6.17. The van der Waals surface area contributed by atoms with E-state index in [0.29, 0.717) is 5.82 Å². The Hall–Kier alpha value is -2.17. The normalized spacial score (nSPS) is 10.5. The monoisotopic (exact) mass is 393 g/mol. The van der Waals surface area contributed by atoms with Crippen molar-refractivity contribution in [2.45, 2.75) is 11.8 Å². The van der Waals surface area contributed by atoms with E-state index < -0.39 is 16.1 Å². The SMILES string of the molecule is COc1nc(C)nc(NC(=O)NS(=O)(=O)c2ccccc2Cl)n1.Cl. The van der Waals surface area contributed by atoms with Crippen molar-refractivity contribution in [1.82, 2.24) is 19.7 Å². The standard InChI is InChI=1S/C12H12ClN5O4S.ClH/c1-7-14-10(17-12(15-7)22-2)16-11(19)18-23(20,21)9-6-4-3-5-8(9)13;/h3-6H,1-2H3,(H2,14,15,16,17,18,19);1H. The molecule has 2 aromatic rings. The largest absolute Gasteiger partial charge is 0.467 e. The second-order valence-corrected chi connectivity index (χ2v) is 6.24. The molecule has 0 aliphatic heterocycles. The van der Waals surface area contributed by atoms with E-state index in [1.165, 1.54) is 25.3 Å². The Bertz CT molecular complexity index is 847. The quantitative estimate of drug-likeness (QED) is 0.810. The fraction of sp³-hybridized carbons (Fsp3) is 0.167. The van der Waals surface area contributed by atoms with Gasteiger partial charge in [-0.3, -0.25) is 5.32 Å². The van der Waals surface area contributed by atoms with Gasteiger partial charge >= 0.3 is 12.0 Å². The van der Waals surface area contributed by atoms with Crippen LogP contribution in [0.1, 0.15) is 5.82 Å². The number of rotatable bonds is 4. The maximum absolute atomic E-state index is 12.1. The van der Waals surface area contributed by atoms with Crippen LogP contribution < -0.4 is 14.8 Å². The Balaban J connectivity index is 0.00000288. The van der Waals surface area contributed by atoms with E-state index in [-0.39, 0.29) is 34.3 Å². The minimum atomic E-state index is -4.13. The molecule has 0 saturated heterocycles. The Morgan fingerprint density at radius 3 is 2.50 bits per heavy atom. The lowest BCUT2D eigenvalue weighted by Crippen LogP contribution is -2.35. The number of amides is 2. The van der Waals surface area contributed by atoms with Gasteiger partial charge in [-0.05, 0) is 19.1 Å². The van der Waals surface area contributed by atoms with Gasteiger partial charge in [-0.25, -0.2) is 17.9 Å². The molecular weight excluding hydrogens is 381 g/mol. The van der Waals surface area contributed by atoms with E-state index in [2.05, 4.69) is 20.3 Å². The minimum Gasteiger partial charge on any atom is -0.467 e. The van der Waals surface area contributed by atoms with Crippen LogP contribution in [0.15, 0.2) is 29.2 Å². The Kier molecular flexibility index (Phi) is 6.70. The number of halogens is 2. The van der Waals surface area contributed by atoms with Crippen LogP contribution >= 0.6 is 24.0 Å². The van der Waals surface area contributed by atoms with E-state index in [4.69, 9.17) is 16.3 Å². The van der Waals surface area contributed by atoms with Gasteiger partial charge < -0.3 is 4.74 Å². The number of nitrogens with one attached hydrogen (secondary N) is 2. The fourth-order valence-corrected chi connectivity index (χ4v) is 3.00. The van der Waals surface area contributed by atoms with E-state index in [1.807, 2.05) is 4.72 Å². The van der Waals surface area contributed by atoms with Crippen molar-refractivity contribution in [3.8, 4) is 6.01 Å². The van der Waals surface area contributed by atoms with E-state index in [9.17, 15) is 13.2 Å². The first-order valence-corrected chi connectivity index (χ1v) is 8.03. The summed E-state index contributed by atoms with van der Waals surface area (Å²) in [6, 6.07) is 4.67. The number of carbonyl (C=O) groups excluding carboxylic acids is 1. The molecule has 1 aromatic carbocycles. The number of methoxy groups -OCH3 is 1. The topological polar surface area (TPSA) is 123 Å². The molecule has 2 rings (SSSR count). The number of nitrogens with zero attached hydrogens (tertiary/aromatic N) is 3. The van der Waals surface area contributed by atoms with Gasteiger partial charge in [-0.1, -0.05) is 23.7 Å². The molecule has 2 amide bonds. The maximum atomic E-state index is 12.1. The van der Waals surface area contributed by atoms with Crippen LogP contribution in [0.4, 0.5) is 10.7 Å². The zero-order valence-corrected chi connectivity index (χ0v) is 14.9. The molecule has 0 spiro atoms. The van der Waals surface area contributed by atoms with Crippen LogP contribution in [-0.2, 0) is 10.0 Å². The number of benzene rings is 1. The van der Waals surface area contributed by atoms with E-state index in [0.717, 1.165) is 0 Å². The van der Waals surface area contributed by atoms with E-state index >= 15 is 0 Å². The molecule has 9 nitrogen and oxygen atoms in total. The second kappa shape index (κ2) is 8.08. The van der Waals surface area contributed by atoms with Crippen molar-refractivity contribution in [1.29, 1.82) is 0 Å². The van der Waals surface area contributed by atoms with Crippen LogP contribution in [0.25, 0.3) is 0 Å². The highest BCUT2D eigenvalue weighted by Crippen LogP contribution is 2.20. The third-order valence-electron chi connectivity index (χ3n) is 2.49. The summed E-state index contributed by atoms with van der Waals surface area (Å²) in [4.78, 5) is 23.1. The van der Waals surface area contributed by atoms with Gasteiger partial charge in [-0.15, -0.1) is 12.4 Å². The first-order chi connectivity index (χ1) is 10.8. The van der Waals surface area contributed by atoms with Crippen molar-refractivity contribution in [3.63, 3.8) is 0 Å². The molecule has 24 heavy (non-hydrogen) atoms. The highest BCUT2D eigenvalue weighted by molar-refractivity contribution is 7.90. The molecule has 0 bridgehead atoms. The molecule has 0 atom stereocenters. The number of aryl methyl sites for hydroxylation is 1. The van der Waals surface area contributed by atoms with E-state index in [1.54, 1.807) is 13.0 Å². The number of hydrogen-bond donors (Lipinski definition) is 2. The molecule has 2 N–H and O–H groups in total. The number of urea groups is 1. The highest BCUT2D eigenvalue weighted by atomic mass is 35.5. The van der Waals surface area contributed by atoms with Crippen LogP contribution in [0.3, 0.4) is 0 Å². The summed E-state index contributed by atoms with van der Waals surface area (Å²) in [5.41, 5.74) is 0. The molecule has 0 radical (unpaired) electrons. The van der Waals surface area contributed by atoms with Gasteiger partial charge in [0.1, 0.15) is 10.7 Å².